The Kier molecular flexibility index (Phi) is 1.57. The molecule has 0 amide bonds. The van der Waals surface area contributed by atoms with Crippen LogP contribution in [0, 0.1) is 6.92 Å². The SMILES string of the molecule is CCc1ncc(C)c2ocnc12. The van der Waals surface area contributed by atoms with Crippen molar-refractivity contribution in [1.82, 2.24) is 9.97 Å². The van der Waals surface area contributed by atoms with Gasteiger partial charge in [0, 0.05) is 11.8 Å². The summed E-state index contributed by atoms with van der Waals surface area (Å²) in [6.07, 6.45) is 4.19. The van der Waals surface area contributed by atoms with Gasteiger partial charge in [0.05, 0.1) is 5.69 Å². The highest BCUT2D eigenvalue weighted by Gasteiger charge is 2.06. The molecular formula is C9H10N2O. The summed E-state index contributed by atoms with van der Waals surface area (Å²) < 4.78 is 5.24. The fraction of sp³-hybridized carbons (Fsp3) is 0.333. The third kappa shape index (κ3) is 0.897. The number of aromatic nitrogens is 2. The highest BCUT2D eigenvalue weighted by atomic mass is 16.3. The maximum absolute atomic E-state index is 5.24. The van der Waals surface area contributed by atoms with Gasteiger partial charge in [0.1, 0.15) is 5.52 Å². The highest BCUT2D eigenvalue weighted by molar-refractivity contribution is 5.77. The second-order valence-electron chi connectivity index (χ2n) is 2.77. The van der Waals surface area contributed by atoms with Crippen LogP contribution in [0.25, 0.3) is 11.1 Å². The van der Waals surface area contributed by atoms with Gasteiger partial charge in [0.25, 0.3) is 0 Å². The van der Waals surface area contributed by atoms with Crippen LogP contribution in [-0.2, 0) is 6.42 Å². The quantitative estimate of drug-likeness (QED) is 0.644. The monoisotopic (exact) mass is 162 g/mol. The molecule has 2 aromatic heterocycles. The number of oxazole rings is 1. The molecule has 0 aliphatic rings. The van der Waals surface area contributed by atoms with Crippen molar-refractivity contribution in [3.8, 4) is 0 Å². The Hall–Kier alpha value is -1.38. The van der Waals surface area contributed by atoms with Gasteiger partial charge in [-0.3, -0.25) is 4.98 Å². The van der Waals surface area contributed by atoms with E-state index in [1.165, 1.54) is 6.39 Å². The van der Waals surface area contributed by atoms with E-state index in [0.29, 0.717) is 0 Å². The van der Waals surface area contributed by atoms with Gasteiger partial charge in [-0.2, -0.15) is 0 Å². The minimum Gasteiger partial charge on any atom is -0.443 e. The molecule has 0 aliphatic carbocycles. The molecule has 0 unspecified atom stereocenters. The van der Waals surface area contributed by atoms with Crippen molar-refractivity contribution >= 4 is 11.1 Å². The van der Waals surface area contributed by atoms with E-state index in [9.17, 15) is 0 Å². The minimum atomic E-state index is 0.863. The molecule has 0 atom stereocenters. The maximum atomic E-state index is 5.24. The second-order valence-corrected chi connectivity index (χ2v) is 2.77. The number of nitrogens with zero attached hydrogens (tertiary/aromatic N) is 2. The zero-order chi connectivity index (χ0) is 8.55. The lowest BCUT2D eigenvalue weighted by Crippen LogP contribution is -1.89. The van der Waals surface area contributed by atoms with E-state index in [1.807, 2.05) is 13.1 Å². The van der Waals surface area contributed by atoms with Crippen LogP contribution >= 0.6 is 0 Å². The molecular weight excluding hydrogens is 152 g/mol. The molecule has 0 aromatic carbocycles. The van der Waals surface area contributed by atoms with E-state index >= 15 is 0 Å². The van der Waals surface area contributed by atoms with Crippen LogP contribution < -0.4 is 0 Å². The molecule has 62 valence electrons. The Morgan fingerprint density at radius 2 is 2.25 bits per heavy atom. The van der Waals surface area contributed by atoms with E-state index in [1.54, 1.807) is 0 Å². The summed E-state index contributed by atoms with van der Waals surface area (Å²) in [5, 5.41) is 0. The summed E-state index contributed by atoms with van der Waals surface area (Å²) in [6.45, 7) is 4.03. The maximum Gasteiger partial charge on any atom is 0.182 e. The molecule has 3 heteroatoms. The molecule has 2 aromatic rings. The van der Waals surface area contributed by atoms with E-state index in [2.05, 4.69) is 16.9 Å². The van der Waals surface area contributed by atoms with Gasteiger partial charge in [0.2, 0.25) is 0 Å². The summed E-state index contributed by atoms with van der Waals surface area (Å²) in [4.78, 5) is 8.40. The van der Waals surface area contributed by atoms with Crippen molar-refractivity contribution in [2.75, 3.05) is 0 Å². The molecule has 2 rings (SSSR count). The largest absolute Gasteiger partial charge is 0.443 e. The summed E-state index contributed by atoms with van der Waals surface area (Å²) in [5.41, 5.74) is 3.81. The molecule has 0 saturated heterocycles. The molecule has 2 heterocycles. The Morgan fingerprint density at radius 3 is 3.00 bits per heavy atom. The molecule has 0 bridgehead atoms. The normalized spacial score (nSPS) is 10.8. The molecule has 0 saturated carbocycles. The van der Waals surface area contributed by atoms with Gasteiger partial charge in [-0.05, 0) is 13.3 Å². The van der Waals surface area contributed by atoms with E-state index in [4.69, 9.17) is 4.42 Å². The van der Waals surface area contributed by atoms with Crippen LogP contribution in [0.1, 0.15) is 18.2 Å². The zero-order valence-electron chi connectivity index (χ0n) is 7.16. The van der Waals surface area contributed by atoms with Crippen LogP contribution in [0.4, 0.5) is 0 Å². The predicted molar refractivity (Wildman–Crippen MR) is 45.9 cm³/mol. The van der Waals surface area contributed by atoms with Gasteiger partial charge in [-0.15, -0.1) is 0 Å². The Labute approximate surface area is 70.4 Å². The lowest BCUT2D eigenvalue weighted by atomic mass is 10.2. The molecule has 3 nitrogen and oxygen atoms in total. The van der Waals surface area contributed by atoms with Crippen molar-refractivity contribution in [2.45, 2.75) is 20.3 Å². The first-order chi connectivity index (χ1) is 5.83. The first-order valence-corrected chi connectivity index (χ1v) is 4.00. The van der Waals surface area contributed by atoms with Gasteiger partial charge in [0.15, 0.2) is 12.0 Å². The summed E-state index contributed by atoms with van der Waals surface area (Å²) >= 11 is 0. The number of hydrogen-bond acceptors (Lipinski definition) is 3. The molecule has 0 aliphatic heterocycles. The second kappa shape index (κ2) is 2.59. The van der Waals surface area contributed by atoms with Gasteiger partial charge < -0.3 is 4.42 Å². The third-order valence-corrected chi connectivity index (χ3v) is 1.95. The van der Waals surface area contributed by atoms with Crippen LogP contribution in [0.3, 0.4) is 0 Å². The Balaban J connectivity index is 2.82. The third-order valence-electron chi connectivity index (χ3n) is 1.95. The van der Waals surface area contributed by atoms with Gasteiger partial charge in [-0.1, -0.05) is 6.92 Å². The average Bonchev–Trinajstić information content (AvgIpc) is 2.54. The summed E-state index contributed by atoms with van der Waals surface area (Å²) in [7, 11) is 0. The van der Waals surface area contributed by atoms with Crippen molar-refractivity contribution in [2.24, 2.45) is 0 Å². The molecule has 0 spiro atoms. The van der Waals surface area contributed by atoms with Crippen molar-refractivity contribution < 1.29 is 4.42 Å². The molecule has 0 fully saturated rings. The van der Waals surface area contributed by atoms with Crippen LogP contribution in [-0.4, -0.2) is 9.97 Å². The number of aryl methyl sites for hydroxylation is 2. The van der Waals surface area contributed by atoms with E-state index in [0.717, 1.165) is 28.8 Å². The Morgan fingerprint density at radius 1 is 1.42 bits per heavy atom. The standard InChI is InChI=1S/C9H10N2O/c1-3-7-8-9(12-5-11-8)6(2)4-10-7/h4-5H,3H2,1-2H3. The molecule has 0 N–H and O–H groups in total. The topological polar surface area (TPSA) is 38.9 Å². The summed E-state index contributed by atoms with van der Waals surface area (Å²) in [6, 6.07) is 0. The lowest BCUT2D eigenvalue weighted by Gasteiger charge is -1.97. The minimum absolute atomic E-state index is 0.863. The fourth-order valence-electron chi connectivity index (χ4n) is 1.28. The number of hydrogen-bond donors (Lipinski definition) is 0. The predicted octanol–water partition coefficient (Wildman–Crippen LogP) is 2.09. The lowest BCUT2D eigenvalue weighted by molar-refractivity contribution is 0.599. The van der Waals surface area contributed by atoms with Gasteiger partial charge in [-0.25, -0.2) is 4.98 Å². The van der Waals surface area contributed by atoms with E-state index in [-0.39, 0.29) is 0 Å². The zero-order valence-corrected chi connectivity index (χ0v) is 7.16. The smallest absolute Gasteiger partial charge is 0.182 e. The van der Waals surface area contributed by atoms with Crippen LogP contribution in [0.2, 0.25) is 0 Å². The first-order valence-electron chi connectivity index (χ1n) is 4.00. The highest BCUT2D eigenvalue weighted by Crippen LogP contribution is 2.18. The molecule has 12 heavy (non-hydrogen) atoms. The Bertz CT molecular complexity index is 406. The van der Waals surface area contributed by atoms with Gasteiger partial charge >= 0.3 is 0 Å². The molecule has 0 radical (unpaired) electrons. The fourth-order valence-corrected chi connectivity index (χ4v) is 1.28. The van der Waals surface area contributed by atoms with Crippen LogP contribution in [0.5, 0.6) is 0 Å². The average molecular weight is 162 g/mol. The number of fused-ring (bicyclic) bond motifs is 1. The number of pyridine rings is 1. The van der Waals surface area contributed by atoms with Crippen molar-refractivity contribution in [3.63, 3.8) is 0 Å². The van der Waals surface area contributed by atoms with Crippen molar-refractivity contribution in [3.05, 3.63) is 23.8 Å². The van der Waals surface area contributed by atoms with Crippen LogP contribution in [0.15, 0.2) is 17.0 Å². The van der Waals surface area contributed by atoms with Crippen molar-refractivity contribution in [1.29, 1.82) is 0 Å². The first kappa shape index (κ1) is 7.28. The summed E-state index contributed by atoms with van der Waals surface area (Å²) in [5.74, 6) is 0. The number of rotatable bonds is 1. The van der Waals surface area contributed by atoms with E-state index < -0.39 is 0 Å².